The fraction of sp³-hybridized carbons (Fsp3) is 1.00. The number of nitrogens with one attached hydrogen (secondary N) is 1. The largest absolute Gasteiger partial charge is 0.311 e. The lowest BCUT2D eigenvalue weighted by molar-refractivity contribution is 0.0714. The summed E-state index contributed by atoms with van der Waals surface area (Å²) >= 11 is 2.01. The third-order valence-electron chi connectivity index (χ3n) is 5.70. The Balaban J connectivity index is 1.90. The van der Waals surface area contributed by atoms with Gasteiger partial charge in [0.2, 0.25) is 0 Å². The summed E-state index contributed by atoms with van der Waals surface area (Å²) in [6.45, 7) is 10.9. The number of hydrogen-bond donors (Lipinski definition) is 1. The van der Waals surface area contributed by atoms with Crippen molar-refractivity contribution in [3.8, 4) is 0 Å². The lowest BCUT2D eigenvalue weighted by Crippen LogP contribution is -2.60. The maximum absolute atomic E-state index is 3.90. The van der Waals surface area contributed by atoms with Crippen LogP contribution in [0.25, 0.3) is 0 Å². The van der Waals surface area contributed by atoms with Crippen molar-refractivity contribution >= 4 is 11.8 Å². The van der Waals surface area contributed by atoms with Gasteiger partial charge in [0, 0.05) is 30.4 Å². The lowest BCUT2D eigenvalue weighted by Gasteiger charge is -2.45. The van der Waals surface area contributed by atoms with E-state index in [9.17, 15) is 0 Å². The summed E-state index contributed by atoms with van der Waals surface area (Å²) in [4.78, 5) is 2.81. The highest BCUT2D eigenvalue weighted by molar-refractivity contribution is 7.99. The van der Waals surface area contributed by atoms with E-state index in [1.54, 1.807) is 0 Å². The van der Waals surface area contributed by atoms with Crippen LogP contribution in [-0.2, 0) is 0 Å². The van der Waals surface area contributed by atoms with Gasteiger partial charge >= 0.3 is 0 Å². The van der Waals surface area contributed by atoms with Crippen molar-refractivity contribution in [3.05, 3.63) is 0 Å². The zero-order chi connectivity index (χ0) is 15.2. The quantitative estimate of drug-likeness (QED) is 0.798. The van der Waals surface area contributed by atoms with E-state index in [4.69, 9.17) is 0 Å². The summed E-state index contributed by atoms with van der Waals surface area (Å²) in [5, 5.41) is 4.70. The Morgan fingerprint density at radius 3 is 2.48 bits per heavy atom. The maximum Gasteiger partial charge on any atom is 0.0244 e. The standard InChI is InChI=1S/C18H36N2S/c1-14(2)18-12-19-17(16-8-6-5-7-9-16)13-20(18)11-10-15(3)21-4/h14-19H,5-13H2,1-4H3. The number of piperazine rings is 1. The molecule has 2 fully saturated rings. The Bertz CT molecular complexity index is 289. The average molecular weight is 313 g/mol. The summed E-state index contributed by atoms with van der Waals surface area (Å²) < 4.78 is 0. The van der Waals surface area contributed by atoms with Gasteiger partial charge in [-0.2, -0.15) is 11.8 Å². The number of thioether (sulfide) groups is 1. The third-order valence-corrected chi connectivity index (χ3v) is 6.74. The van der Waals surface area contributed by atoms with Crippen LogP contribution in [0.5, 0.6) is 0 Å². The molecule has 1 aliphatic carbocycles. The van der Waals surface area contributed by atoms with Gasteiger partial charge in [-0.05, 0) is 43.9 Å². The Morgan fingerprint density at radius 2 is 1.86 bits per heavy atom. The van der Waals surface area contributed by atoms with E-state index in [0.717, 1.165) is 29.2 Å². The van der Waals surface area contributed by atoms with Crippen LogP contribution in [0.15, 0.2) is 0 Å². The molecule has 1 saturated carbocycles. The zero-order valence-corrected chi connectivity index (χ0v) is 15.4. The predicted octanol–water partition coefficient (Wildman–Crippen LogP) is 4.01. The van der Waals surface area contributed by atoms with Gasteiger partial charge in [-0.15, -0.1) is 0 Å². The average Bonchev–Trinajstić information content (AvgIpc) is 2.53. The van der Waals surface area contributed by atoms with Crippen LogP contribution in [0.3, 0.4) is 0 Å². The van der Waals surface area contributed by atoms with Crippen LogP contribution >= 0.6 is 11.8 Å². The van der Waals surface area contributed by atoms with Gasteiger partial charge in [-0.3, -0.25) is 4.90 Å². The topological polar surface area (TPSA) is 15.3 Å². The Morgan fingerprint density at radius 1 is 1.14 bits per heavy atom. The van der Waals surface area contributed by atoms with Crippen LogP contribution < -0.4 is 5.32 Å². The van der Waals surface area contributed by atoms with E-state index in [1.165, 1.54) is 58.2 Å². The Hall–Kier alpha value is 0.270. The molecule has 21 heavy (non-hydrogen) atoms. The first-order valence-electron chi connectivity index (χ1n) is 9.12. The van der Waals surface area contributed by atoms with Gasteiger partial charge in [0.05, 0.1) is 0 Å². The monoisotopic (exact) mass is 312 g/mol. The second kappa shape index (κ2) is 8.79. The van der Waals surface area contributed by atoms with Gasteiger partial charge in [0.1, 0.15) is 0 Å². The predicted molar refractivity (Wildman–Crippen MR) is 96.2 cm³/mol. The molecule has 3 atom stereocenters. The van der Waals surface area contributed by atoms with Gasteiger partial charge in [-0.25, -0.2) is 0 Å². The van der Waals surface area contributed by atoms with Crippen molar-refractivity contribution in [2.75, 3.05) is 25.9 Å². The molecule has 0 aromatic heterocycles. The summed E-state index contributed by atoms with van der Waals surface area (Å²) in [5.41, 5.74) is 0. The molecule has 0 amide bonds. The molecule has 0 aromatic rings. The minimum atomic E-state index is 0.735. The van der Waals surface area contributed by atoms with E-state index in [-0.39, 0.29) is 0 Å². The van der Waals surface area contributed by atoms with Crippen molar-refractivity contribution in [2.24, 2.45) is 11.8 Å². The van der Waals surface area contributed by atoms with Crippen molar-refractivity contribution in [3.63, 3.8) is 0 Å². The van der Waals surface area contributed by atoms with Gasteiger partial charge in [0.25, 0.3) is 0 Å². The van der Waals surface area contributed by atoms with E-state index in [1.807, 2.05) is 11.8 Å². The van der Waals surface area contributed by atoms with Crippen molar-refractivity contribution in [1.82, 2.24) is 10.2 Å². The van der Waals surface area contributed by atoms with E-state index in [2.05, 4.69) is 37.2 Å². The summed E-state index contributed by atoms with van der Waals surface area (Å²) in [7, 11) is 0. The number of nitrogens with zero attached hydrogens (tertiary/aromatic N) is 1. The van der Waals surface area contributed by atoms with E-state index < -0.39 is 0 Å². The molecule has 2 nitrogen and oxygen atoms in total. The first-order chi connectivity index (χ1) is 10.1. The SMILES string of the molecule is CSC(C)CCN1CC(C2CCCCC2)NCC1C(C)C. The highest BCUT2D eigenvalue weighted by Crippen LogP contribution is 2.29. The van der Waals surface area contributed by atoms with Gasteiger partial charge in [0.15, 0.2) is 0 Å². The second-order valence-corrected chi connectivity index (χ2v) is 8.83. The molecule has 0 aromatic carbocycles. The molecule has 3 unspecified atom stereocenters. The Labute approximate surface area is 136 Å². The third kappa shape index (κ3) is 5.14. The maximum atomic E-state index is 3.90. The van der Waals surface area contributed by atoms with Gasteiger partial charge in [-0.1, -0.05) is 40.0 Å². The minimum Gasteiger partial charge on any atom is -0.311 e. The van der Waals surface area contributed by atoms with Crippen LogP contribution in [0.4, 0.5) is 0 Å². The van der Waals surface area contributed by atoms with Gasteiger partial charge < -0.3 is 5.32 Å². The highest BCUT2D eigenvalue weighted by atomic mass is 32.2. The first kappa shape index (κ1) is 17.6. The molecule has 1 heterocycles. The molecule has 0 bridgehead atoms. The molecular weight excluding hydrogens is 276 g/mol. The van der Waals surface area contributed by atoms with Crippen molar-refractivity contribution < 1.29 is 0 Å². The fourth-order valence-corrected chi connectivity index (χ4v) is 4.43. The summed E-state index contributed by atoms with van der Waals surface area (Å²) in [5.74, 6) is 1.70. The number of rotatable bonds is 6. The molecule has 1 N–H and O–H groups in total. The molecule has 3 heteroatoms. The summed E-state index contributed by atoms with van der Waals surface area (Å²) in [6.07, 6.45) is 10.9. The van der Waals surface area contributed by atoms with Crippen molar-refractivity contribution in [1.29, 1.82) is 0 Å². The van der Waals surface area contributed by atoms with Crippen molar-refractivity contribution in [2.45, 2.75) is 76.6 Å². The normalized spacial score (nSPS) is 30.7. The molecule has 1 saturated heterocycles. The minimum absolute atomic E-state index is 0.735. The molecule has 124 valence electrons. The van der Waals surface area contributed by atoms with Crippen LogP contribution in [-0.4, -0.2) is 48.1 Å². The zero-order valence-electron chi connectivity index (χ0n) is 14.6. The Kier molecular flexibility index (Phi) is 7.37. The molecule has 2 rings (SSSR count). The first-order valence-corrected chi connectivity index (χ1v) is 10.4. The molecule has 1 aliphatic heterocycles. The van der Waals surface area contributed by atoms with Crippen LogP contribution in [0.1, 0.15) is 59.3 Å². The fourth-order valence-electron chi connectivity index (χ4n) is 4.09. The molecule has 0 spiro atoms. The molecule has 2 aliphatic rings. The second-order valence-electron chi connectivity index (χ2n) is 7.55. The lowest BCUT2D eigenvalue weighted by atomic mass is 9.82. The number of hydrogen-bond acceptors (Lipinski definition) is 3. The molecular formula is C18H36N2S. The van der Waals surface area contributed by atoms with Crippen LogP contribution in [0.2, 0.25) is 0 Å². The van der Waals surface area contributed by atoms with Crippen LogP contribution in [0, 0.1) is 11.8 Å². The smallest absolute Gasteiger partial charge is 0.0244 e. The van der Waals surface area contributed by atoms with E-state index >= 15 is 0 Å². The highest BCUT2D eigenvalue weighted by Gasteiger charge is 2.33. The summed E-state index contributed by atoms with van der Waals surface area (Å²) in [6, 6.07) is 1.49. The van der Waals surface area contributed by atoms with E-state index in [0.29, 0.717) is 0 Å². The molecule has 0 radical (unpaired) electrons.